The van der Waals surface area contributed by atoms with E-state index in [2.05, 4.69) is 4.74 Å². The Labute approximate surface area is 158 Å². The topological polar surface area (TPSA) is 52.3 Å². The second-order valence-corrected chi connectivity index (χ2v) is 6.16. The van der Waals surface area contributed by atoms with Crippen LogP contribution in [-0.4, -0.2) is 18.3 Å². The molecule has 0 saturated carbocycles. The Hall–Kier alpha value is -2.13. The molecule has 2 aromatic carbocycles. The number of rotatable bonds is 3. The van der Waals surface area contributed by atoms with Crippen LogP contribution < -0.4 is 5.73 Å². The first-order valence-electron chi connectivity index (χ1n) is 6.97. The van der Waals surface area contributed by atoms with E-state index in [1.165, 1.54) is 0 Å². The number of hydrogen-bond donors (Lipinski definition) is 1. The molecular formula is C16H9Cl2F6NO2. The Morgan fingerprint density at radius 3 is 1.85 bits per heavy atom. The van der Waals surface area contributed by atoms with Gasteiger partial charge >= 0.3 is 23.9 Å². The van der Waals surface area contributed by atoms with E-state index in [-0.39, 0.29) is 10.7 Å². The van der Waals surface area contributed by atoms with Crippen molar-refractivity contribution in [3.05, 3.63) is 63.6 Å². The summed E-state index contributed by atoms with van der Waals surface area (Å²) < 4.78 is 85.7. The lowest BCUT2D eigenvalue weighted by molar-refractivity contribution is -0.373. The van der Waals surface area contributed by atoms with E-state index in [1.54, 1.807) is 0 Å². The predicted molar refractivity (Wildman–Crippen MR) is 86.5 cm³/mol. The minimum Gasteiger partial charge on any atom is -0.431 e. The lowest BCUT2D eigenvalue weighted by Gasteiger charge is -2.36. The number of benzene rings is 2. The molecule has 2 rings (SSSR count). The fourth-order valence-electron chi connectivity index (χ4n) is 2.23. The molecule has 11 heteroatoms. The van der Waals surface area contributed by atoms with Crippen LogP contribution in [0, 0.1) is 0 Å². The number of halogens is 8. The largest absolute Gasteiger partial charge is 0.442 e. The summed E-state index contributed by atoms with van der Waals surface area (Å²) in [6.07, 6.45) is -12.1. The van der Waals surface area contributed by atoms with Gasteiger partial charge in [-0.15, -0.1) is 0 Å². The van der Waals surface area contributed by atoms with Crippen LogP contribution in [0.5, 0.6) is 0 Å². The maximum absolute atomic E-state index is 13.6. The van der Waals surface area contributed by atoms with Gasteiger partial charge in [0.05, 0.1) is 10.6 Å². The van der Waals surface area contributed by atoms with E-state index < -0.39 is 40.1 Å². The van der Waals surface area contributed by atoms with Gasteiger partial charge in [0, 0.05) is 16.3 Å². The first-order chi connectivity index (χ1) is 12.3. The number of carbonyl (C=O) groups excluding carboxylic acids is 1. The van der Waals surface area contributed by atoms with Crippen LogP contribution in [-0.2, 0) is 10.3 Å². The zero-order valence-electron chi connectivity index (χ0n) is 13.0. The molecular weight excluding hydrogens is 423 g/mol. The molecule has 2 aromatic rings. The van der Waals surface area contributed by atoms with Crippen molar-refractivity contribution in [3.8, 4) is 0 Å². The van der Waals surface area contributed by atoms with Crippen molar-refractivity contribution in [2.45, 2.75) is 18.0 Å². The van der Waals surface area contributed by atoms with Gasteiger partial charge in [0.2, 0.25) is 0 Å². The summed E-state index contributed by atoms with van der Waals surface area (Å²) in [6, 6.07) is 5.50. The Balaban J connectivity index is 2.65. The average molecular weight is 432 g/mol. The van der Waals surface area contributed by atoms with Gasteiger partial charge in [0.1, 0.15) is 0 Å². The first-order valence-corrected chi connectivity index (χ1v) is 7.73. The minimum atomic E-state index is -6.03. The van der Waals surface area contributed by atoms with Gasteiger partial charge in [-0.25, -0.2) is 4.79 Å². The second-order valence-electron chi connectivity index (χ2n) is 5.31. The number of nitrogen functional groups attached to an aromatic ring is 1. The lowest BCUT2D eigenvalue weighted by atomic mass is 9.91. The minimum absolute atomic E-state index is 0.0213. The molecule has 0 atom stereocenters. The van der Waals surface area contributed by atoms with Crippen molar-refractivity contribution < 1.29 is 35.9 Å². The van der Waals surface area contributed by atoms with Crippen molar-refractivity contribution in [2.24, 2.45) is 0 Å². The Morgan fingerprint density at radius 2 is 1.41 bits per heavy atom. The molecule has 0 unspecified atom stereocenters. The number of carbonyl (C=O) groups is 1. The van der Waals surface area contributed by atoms with E-state index in [1.807, 2.05) is 0 Å². The third-order valence-corrected chi connectivity index (χ3v) is 4.06. The quantitative estimate of drug-likeness (QED) is 0.382. The highest BCUT2D eigenvalue weighted by Crippen LogP contribution is 2.53. The van der Waals surface area contributed by atoms with Crippen LogP contribution in [0.2, 0.25) is 10.0 Å². The monoisotopic (exact) mass is 431 g/mol. The Kier molecular flexibility index (Phi) is 5.58. The van der Waals surface area contributed by atoms with Crippen LogP contribution in [0.15, 0.2) is 42.5 Å². The lowest BCUT2D eigenvalue weighted by Crippen LogP contribution is -2.56. The molecule has 0 aliphatic carbocycles. The summed E-state index contributed by atoms with van der Waals surface area (Å²) in [5.41, 5.74) is -1.77. The zero-order chi connectivity index (χ0) is 20.6. The predicted octanol–water partition coefficient (Wildman–Crippen LogP) is 5.75. The van der Waals surface area contributed by atoms with Gasteiger partial charge in [-0.05, 0) is 30.3 Å². The van der Waals surface area contributed by atoms with Crippen LogP contribution in [0.1, 0.15) is 15.9 Å². The standard InChI is InChI=1S/C16H9Cl2F6NO2/c17-9-3-6-11(12(18)7-9)13(26)27-14(15(19,20)21,16(22,23)24)8-1-4-10(25)5-2-8/h1-7H,25H2. The molecule has 0 bridgehead atoms. The van der Waals surface area contributed by atoms with Gasteiger partial charge in [0.25, 0.3) is 0 Å². The van der Waals surface area contributed by atoms with Gasteiger partial charge < -0.3 is 10.5 Å². The molecule has 2 N–H and O–H groups in total. The first kappa shape index (κ1) is 21.2. The van der Waals surface area contributed by atoms with Crippen molar-refractivity contribution in [1.29, 1.82) is 0 Å². The van der Waals surface area contributed by atoms with E-state index in [0.717, 1.165) is 30.3 Å². The summed E-state index contributed by atoms with van der Waals surface area (Å²) in [6.45, 7) is 0. The van der Waals surface area contributed by atoms with E-state index in [4.69, 9.17) is 28.9 Å². The molecule has 0 radical (unpaired) electrons. The molecule has 0 aliphatic rings. The molecule has 0 aromatic heterocycles. The van der Waals surface area contributed by atoms with Crippen molar-refractivity contribution >= 4 is 34.9 Å². The fourth-order valence-corrected chi connectivity index (χ4v) is 2.72. The highest BCUT2D eigenvalue weighted by molar-refractivity contribution is 6.36. The normalized spacial score (nSPS) is 12.7. The van der Waals surface area contributed by atoms with Gasteiger partial charge in [-0.3, -0.25) is 0 Å². The van der Waals surface area contributed by atoms with Crippen LogP contribution in [0.25, 0.3) is 0 Å². The number of ether oxygens (including phenoxy) is 1. The SMILES string of the molecule is Nc1ccc(C(OC(=O)c2ccc(Cl)cc2Cl)(C(F)(F)F)C(F)(F)F)cc1. The molecule has 0 heterocycles. The van der Waals surface area contributed by atoms with Crippen LogP contribution >= 0.6 is 23.2 Å². The third-order valence-electron chi connectivity index (χ3n) is 3.51. The van der Waals surface area contributed by atoms with Crippen LogP contribution in [0.4, 0.5) is 32.0 Å². The molecule has 0 amide bonds. The number of alkyl halides is 6. The highest BCUT2D eigenvalue weighted by atomic mass is 35.5. The summed E-state index contributed by atoms with van der Waals surface area (Å²) >= 11 is 11.3. The maximum Gasteiger partial charge on any atom is 0.442 e. The van der Waals surface area contributed by atoms with E-state index in [0.29, 0.717) is 12.1 Å². The van der Waals surface area contributed by atoms with Crippen molar-refractivity contribution in [1.82, 2.24) is 0 Å². The fraction of sp³-hybridized carbons (Fsp3) is 0.188. The number of nitrogens with two attached hydrogens (primary N) is 1. The number of hydrogen-bond acceptors (Lipinski definition) is 3. The maximum atomic E-state index is 13.6. The summed E-state index contributed by atoms with van der Waals surface area (Å²) in [5.74, 6) is -1.93. The van der Waals surface area contributed by atoms with Gasteiger partial charge in [0.15, 0.2) is 0 Å². The summed E-state index contributed by atoms with van der Waals surface area (Å²) in [4.78, 5) is 12.2. The summed E-state index contributed by atoms with van der Waals surface area (Å²) in [7, 11) is 0. The number of esters is 1. The Morgan fingerprint density at radius 1 is 0.889 bits per heavy atom. The summed E-state index contributed by atoms with van der Waals surface area (Å²) in [5, 5.41) is -0.448. The van der Waals surface area contributed by atoms with E-state index >= 15 is 0 Å². The molecule has 3 nitrogen and oxygen atoms in total. The Bertz CT molecular complexity index is 835. The molecule has 27 heavy (non-hydrogen) atoms. The number of anilines is 1. The second kappa shape index (κ2) is 7.12. The molecule has 0 saturated heterocycles. The van der Waals surface area contributed by atoms with Gasteiger partial charge in [-0.1, -0.05) is 35.3 Å². The van der Waals surface area contributed by atoms with E-state index in [9.17, 15) is 31.1 Å². The van der Waals surface area contributed by atoms with Crippen molar-refractivity contribution in [3.63, 3.8) is 0 Å². The molecule has 0 fully saturated rings. The van der Waals surface area contributed by atoms with Crippen molar-refractivity contribution in [2.75, 3.05) is 5.73 Å². The van der Waals surface area contributed by atoms with Crippen LogP contribution in [0.3, 0.4) is 0 Å². The molecule has 0 aliphatic heterocycles. The molecule has 146 valence electrons. The zero-order valence-corrected chi connectivity index (χ0v) is 14.5. The molecule has 0 spiro atoms. The highest BCUT2D eigenvalue weighted by Gasteiger charge is 2.75. The average Bonchev–Trinajstić information content (AvgIpc) is 2.51. The van der Waals surface area contributed by atoms with Gasteiger partial charge in [-0.2, -0.15) is 26.3 Å². The smallest absolute Gasteiger partial charge is 0.431 e. The third kappa shape index (κ3) is 3.93.